The van der Waals surface area contributed by atoms with Crippen molar-refractivity contribution in [3.05, 3.63) is 77.7 Å². The van der Waals surface area contributed by atoms with Crippen molar-refractivity contribution in [1.82, 2.24) is 10.3 Å². The van der Waals surface area contributed by atoms with Gasteiger partial charge in [-0.25, -0.2) is 22.4 Å². The van der Waals surface area contributed by atoms with Gasteiger partial charge in [0.15, 0.2) is 0 Å². The fraction of sp³-hybridized carbons (Fsp3) is 0.0952. The topological polar surface area (TPSA) is 134 Å². The van der Waals surface area contributed by atoms with E-state index in [0.717, 1.165) is 4.88 Å². The van der Waals surface area contributed by atoms with Crippen LogP contribution in [0.4, 0.5) is 4.39 Å². The van der Waals surface area contributed by atoms with E-state index in [-0.39, 0.29) is 15.4 Å². The molecule has 168 valence electrons. The molecule has 0 aliphatic carbocycles. The van der Waals surface area contributed by atoms with E-state index in [2.05, 4.69) is 10.3 Å². The van der Waals surface area contributed by atoms with Crippen molar-refractivity contribution in [2.45, 2.75) is 16.3 Å². The second-order valence-electron chi connectivity index (χ2n) is 6.12. The molecule has 0 saturated heterocycles. The second-order valence-corrected chi connectivity index (χ2v) is 9.17. The number of nitrogens with zero attached hydrogens (tertiary/aromatic N) is 1. The Balaban J connectivity index is 0.000000390. The van der Waals surface area contributed by atoms with Crippen LogP contribution in [0.1, 0.15) is 4.88 Å². The van der Waals surface area contributed by atoms with Crippen molar-refractivity contribution >= 4 is 33.1 Å². The third-order valence-electron chi connectivity index (χ3n) is 3.82. The first-order chi connectivity index (χ1) is 15.2. The van der Waals surface area contributed by atoms with Crippen molar-refractivity contribution in [2.75, 3.05) is 7.05 Å². The lowest BCUT2D eigenvalue weighted by atomic mass is 10.2. The van der Waals surface area contributed by atoms with E-state index in [9.17, 15) is 22.4 Å². The third kappa shape index (κ3) is 6.54. The number of halogens is 1. The van der Waals surface area contributed by atoms with Crippen LogP contribution in [0.2, 0.25) is 0 Å². The molecule has 0 bridgehead atoms. The molecule has 32 heavy (non-hydrogen) atoms. The number of benzene rings is 1. The van der Waals surface area contributed by atoms with Crippen molar-refractivity contribution < 1.29 is 32.6 Å². The van der Waals surface area contributed by atoms with Crippen LogP contribution in [0, 0.1) is 5.82 Å². The average Bonchev–Trinajstić information content (AvgIpc) is 3.18. The summed E-state index contributed by atoms with van der Waals surface area (Å²) in [5, 5.41) is 18.6. The maximum atomic E-state index is 14.2. The summed E-state index contributed by atoms with van der Waals surface area (Å²) in [5.41, 5.74) is 0.285. The fourth-order valence-corrected chi connectivity index (χ4v) is 5.47. The summed E-state index contributed by atoms with van der Waals surface area (Å²) in [4.78, 5) is 24.4. The van der Waals surface area contributed by atoms with Gasteiger partial charge in [-0.1, -0.05) is 18.2 Å². The monoisotopic (exact) mass is 478 g/mol. The number of hydrogen-bond donors (Lipinski definition) is 3. The second kappa shape index (κ2) is 11.3. The highest BCUT2D eigenvalue weighted by Crippen LogP contribution is 2.39. The van der Waals surface area contributed by atoms with E-state index >= 15 is 0 Å². The number of rotatable bonds is 7. The number of pyridine rings is 1. The minimum Gasteiger partial charge on any atom is -0.478 e. The van der Waals surface area contributed by atoms with Gasteiger partial charge in [0, 0.05) is 41.5 Å². The molecule has 3 rings (SSSR count). The van der Waals surface area contributed by atoms with Gasteiger partial charge >= 0.3 is 11.9 Å². The van der Waals surface area contributed by atoms with E-state index in [0.29, 0.717) is 23.6 Å². The Morgan fingerprint density at radius 1 is 1.12 bits per heavy atom. The molecule has 3 aromatic rings. The molecule has 2 aromatic heterocycles. The van der Waals surface area contributed by atoms with Crippen molar-refractivity contribution in [3.8, 4) is 10.4 Å². The standard InChI is InChI=1S/C17H15FN2O2S2.C4H4O4/c1-19-10-12-9-16(24(21,22)13-5-4-8-20-11-13)17(23-12)14-6-2-3-7-15(14)18;5-3(6)1-2-4(7)8/h2-9,11,19H,10H2,1H3;1-2H,(H,5,6)(H,7,8)/b;2-1+. The summed E-state index contributed by atoms with van der Waals surface area (Å²) in [7, 11) is -2.00. The number of aromatic nitrogens is 1. The van der Waals surface area contributed by atoms with E-state index in [4.69, 9.17) is 10.2 Å². The van der Waals surface area contributed by atoms with Gasteiger partial charge in [-0.15, -0.1) is 11.3 Å². The number of aliphatic carboxylic acids is 2. The predicted molar refractivity (Wildman–Crippen MR) is 117 cm³/mol. The number of sulfone groups is 1. The van der Waals surface area contributed by atoms with E-state index in [1.165, 1.54) is 35.9 Å². The number of carboxylic acid groups (broad SMARTS) is 2. The summed E-state index contributed by atoms with van der Waals surface area (Å²) in [6.45, 7) is 0.509. The Bertz CT molecular complexity index is 1210. The molecule has 2 heterocycles. The molecule has 11 heteroatoms. The van der Waals surface area contributed by atoms with Crippen molar-refractivity contribution in [1.29, 1.82) is 0 Å². The first-order valence-corrected chi connectivity index (χ1v) is 11.3. The van der Waals surface area contributed by atoms with E-state index in [1.807, 2.05) is 0 Å². The number of nitrogens with one attached hydrogen (secondary N) is 1. The zero-order valence-corrected chi connectivity index (χ0v) is 18.4. The normalized spacial score (nSPS) is 11.1. The molecule has 0 unspecified atom stereocenters. The van der Waals surface area contributed by atoms with Crippen molar-refractivity contribution in [3.63, 3.8) is 0 Å². The molecule has 0 atom stereocenters. The lowest BCUT2D eigenvalue weighted by molar-refractivity contribution is -0.134. The van der Waals surface area contributed by atoms with Gasteiger partial charge in [-0.2, -0.15) is 0 Å². The largest absolute Gasteiger partial charge is 0.478 e. The minimum absolute atomic E-state index is 0.0939. The van der Waals surface area contributed by atoms with Crippen LogP contribution in [0.15, 0.2) is 76.8 Å². The zero-order chi connectivity index (χ0) is 23.7. The lowest BCUT2D eigenvalue weighted by Gasteiger charge is -2.06. The van der Waals surface area contributed by atoms with Crippen LogP contribution in [0.5, 0.6) is 0 Å². The van der Waals surface area contributed by atoms with Gasteiger partial charge in [0.05, 0.1) is 14.7 Å². The smallest absolute Gasteiger partial charge is 0.328 e. The lowest BCUT2D eigenvalue weighted by Crippen LogP contribution is -2.04. The predicted octanol–water partition coefficient (Wildman–Crippen LogP) is 3.21. The van der Waals surface area contributed by atoms with E-state index in [1.54, 1.807) is 37.4 Å². The van der Waals surface area contributed by atoms with Crippen LogP contribution in [0.25, 0.3) is 10.4 Å². The molecule has 0 aliphatic heterocycles. The Morgan fingerprint density at radius 3 is 2.31 bits per heavy atom. The van der Waals surface area contributed by atoms with Crippen LogP contribution in [-0.4, -0.2) is 42.6 Å². The van der Waals surface area contributed by atoms with Gasteiger partial charge in [0.1, 0.15) is 5.82 Å². The summed E-state index contributed by atoms with van der Waals surface area (Å²) in [6, 6.07) is 10.8. The third-order valence-corrected chi connectivity index (χ3v) is 6.88. The SMILES string of the molecule is CNCc1cc(S(=O)(=O)c2cccnc2)c(-c2ccccc2F)s1.O=C(O)/C=C/C(=O)O. The molecule has 0 radical (unpaired) electrons. The first-order valence-electron chi connectivity index (χ1n) is 8.98. The van der Waals surface area contributed by atoms with Crippen LogP contribution in [0.3, 0.4) is 0 Å². The molecule has 0 spiro atoms. The van der Waals surface area contributed by atoms with Gasteiger partial charge in [-0.3, -0.25) is 4.98 Å². The van der Waals surface area contributed by atoms with Gasteiger partial charge in [0.2, 0.25) is 9.84 Å². The van der Waals surface area contributed by atoms with Gasteiger partial charge < -0.3 is 15.5 Å². The Hall–Kier alpha value is -3.41. The summed E-state index contributed by atoms with van der Waals surface area (Å²) < 4.78 is 40.2. The molecule has 3 N–H and O–H groups in total. The van der Waals surface area contributed by atoms with Crippen LogP contribution < -0.4 is 5.32 Å². The summed E-state index contributed by atoms with van der Waals surface area (Å²) >= 11 is 1.27. The highest BCUT2D eigenvalue weighted by atomic mass is 32.2. The Kier molecular flexibility index (Phi) is 8.76. The molecule has 1 aromatic carbocycles. The molecule has 0 saturated carbocycles. The quantitative estimate of drug-likeness (QED) is 0.441. The van der Waals surface area contributed by atoms with Crippen molar-refractivity contribution in [2.24, 2.45) is 0 Å². The number of hydrogen-bond acceptors (Lipinski definition) is 7. The zero-order valence-electron chi connectivity index (χ0n) is 16.7. The van der Waals surface area contributed by atoms with Gasteiger partial charge in [-0.05, 0) is 31.3 Å². The highest BCUT2D eigenvalue weighted by Gasteiger charge is 2.26. The van der Waals surface area contributed by atoms with Gasteiger partial charge in [0.25, 0.3) is 0 Å². The summed E-state index contributed by atoms with van der Waals surface area (Å²) in [6.07, 6.45) is 3.93. The fourth-order valence-electron chi connectivity index (χ4n) is 2.49. The number of thiophene rings is 1. The molecular weight excluding hydrogens is 459 g/mol. The first kappa shape index (κ1) is 24.9. The maximum Gasteiger partial charge on any atom is 0.328 e. The van der Waals surface area contributed by atoms with E-state index < -0.39 is 27.6 Å². The highest BCUT2D eigenvalue weighted by molar-refractivity contribution is 7.91. The Morgan fingerprint density at radius 2 is 1.78 bits per heavy atom. The Labute approximate surface area is 187 Å². The minimum atomic E-state index is -3.78. The summed E-state index contributed by atoms with van der Waals surface area (Å²) in [5.74, 6) is -2.96. The van der Waals surface area contributed by atoms with Crippen LogP contribution >= 0.6 is 11.3 Å². The molecular formula is C21H19FN2O6S2. The number of carbonyl (C=O) groups is 2. The average molecular weight is 479 g/mol. The molecule has 0 fully saturated rings. The molecule has 8 nitrogen and oxygen atoms in total. The maximum absolute atomic E-state index is 14.2. The molecule has 0 aliphatic rings. The molecule has 0 amide bonds. The number of carboxylic acids is 2. The van der Waals surface area contributed by atoms with Crippen LogP contribution in [-0.2, 0) is 26.0 Å².